The summed E-state index contributed by atoms with van der Waals surface area (Å²) in [6.07, 6.45) is 0. The molecule has 0 aliphatic carbocycles. The summed E-state index contributed by atoms with van der Waals surface area (Å²) in [7, 11) is -2.38. The summed E-state index contributed by atoms with van der Waals surface area (Å²) in [6.45, 7) is 2.08. The van der Waals surface area contributed by atoms with E-state index in [4.69, 9.17) is 10.5 Å². The Hall–Kier alpha value is -2.36. The van der Waals surface area contributed by atoms with E-state index >= 15 is 0 Å². The van der Waals surface area contributed by atoms with Crippen LogP contribution in [0.25, 0.3) is 0 Å². The molecule has 2 rings (SSSR count). The van der Waals surface area contributed by atoms with E-state index in [0.717, 1.165) is 4.80 Å². The quantitative estimate of drug-likeness (QED) is 0.744. The maximum Gasteiger partial charge on any atom is 0.277 e. The van der Waals surface area contributed by atoms with E-state index < -0.39 is 10.0 Å². The Morgan fingerprint density at radius 2 is 2.20 bits per heavy atom. The Bertz CT molecular complexity index is 712. The number of hydrogen-bond acceptors (Lipinski definition) is 7. The van der Waals surface area contributed by atoms with Crippen LogP contribution in [0.5, 0.6) is 5.75 Å². The van der Waals surface area contributed by atoms with Gasteiger partial charge in [-0.05, 0) is 30.3 Å². The van der Waals surface area contributed by atoms with Crippen molar-refractivity contribution in [2.45, 2.75) is 11.8 Å². The largest absolute Gasteiger partial charge is 0.492 e. The molecule has 108 valence electrons. The van der Waals surface area contributed by atoms with Crippen LogP contribution in [0.4, 0.5) is 11.6 Å². The second-order valence-electron chi connectivity index (χ2n) is 3.85. The van der Waals surface area contributed by atoms with Crippen molar-refractivity contribution in [3.8, 4) is 5.75 Å². The monoisotopic (exact) mass is 298 g/mol. The van der Waals surface area contributed by atoms with Crippen molar-refractivity contribution in [2.75, 3.05) is 17.1 Å². The molecule has 1 aromatic heterocycles. The number of aromatic nitrogens is 4. The first-order valence-electron chi connectivity index (χ1n) is 5.71. The molecule has 0 aliphatic heterocycles. The van der Waals surface area contributed by atoms with Gasteiger partial charge in [0, 0.05) is 5.69 Å². The standard InChI is InChI=1S/C10H14N6O3S/c1-3-19-8-5-4-7(11)6-9(8)20(17,18)14-10-12-15-16(2)13-10/h4-6H,3,11H2,1-2H3,(H,13,14). The summed E-state index contributed by atoms with van der Waals surface area (Å²) in [4.78, 5) is 1.06. The zero-order valence-electron chi connectivity index (χ0n) is 10.9. The molecule has 1 heterocycles. The van der Waals surface area contributed by atoms with E-state index in [2.05, 4.69) is 20.1 Å². The number of tetrazole rings is 1. The Morgan fingerprint density at radius 3 is 2.80 bits per heavy atom. The molecule has 0 unspecified atom stereocenters. The number of aryl methyl sites for hydroxylation is 1. The van der Waals surface area contributed by atoms with Gasteiger partial charge in [-0.2, -0.15) is 4.80 Å². The van der Waals surface area contributed by atoms with Gasteiger partial charge in [-0.15, -0.1) is 5.10 Å². The molecule has 10 heteroatoms. The first-order chi connectivity index (χ1) is 9.42. The molecular formula is C10H14N6O3S. The molecule has 20 heavy (non-hydrogen) atoms. The Kier molecular flexibility index (Phi) is 3.74. The third-order valence-corrected chi connectivity index (χ3v) is 3.64. The van der Waals surface area contributed by atoms with Gasteiger partial charge in [0.25, 0.3) is 16.0 Å². The highest BCUT2D eigenvalue weighted by molar-refractivity contribution is 7.92. The highest BCUT2D eigenvalue weighted by atomic mass is 32.2. The molecule has 0 aliphatic rings. The van der Waals surface area contributed by atoms with E-state index in [0.29, 0.717) is 12.3 Å². The molecular weight excluding hydrogens is 284 g/mol. The van der Waals surface area contributed by atoms with Crippen LogP contribution in [0.1, 0.15) is 6.92 Å². The molecule has 0 spiro atoms. The van der Waals surface area contributed by atoms with Crippen LogP contribution >= 0.6 is 0 Å². The second-order valence-corrected chi connectivity index (χ2v) is 5.50. The zero-order chi connectivity index (χ0) is 14.8. The number of benzene rings is 1. The third-order valence-electron chi connectivity index (χ3n) is 2.29. The maximum absolute atomic E-state index is 12.3. The van der Waals surface area contributed by atoms with Crippen molar-refractivity contribution in [3.05, 3.63) is 18.2 Å². The molecule has 0 bridgehead atoms. The topological polar surface area (TPSA) is 125 Å². The fraction of sp³-hybridized carbons (Fsp3) is 0.300. The number of nitrogens with one attached hydrogen (secondary N) is 1. The molecule has 0 radical (unpaired) electrons. The number of ether oxygens (including phenoxy) is 1. The van der Waals surface area contributed by atoms with Crippen LogP contribution in [0.15, 0.2) is 23.1 Å². The van der Waals surface area contributed by atoms with Crippen LogP contribution in [0, 0.1) is 0 Å². The molecule has 0 amide bonds. The normalized spacial score (nSPS) is 11.3. The van der Waals surface area contributed by atoms with Crippen molar-refractivity contribution in [3.63, 3.8) is 0 Å². The van der Waals surface area contributed by atoms with Crippen molar-refractivity contribution in [1.82, 2.24) is 20.2 Å². The van der Waals surface area contributed by atoms with E-state index in [1.165, 1.54) is 19.2 Å². The lowest BCUT2D eigenvalue weighted by atomic mass is 10.3. The van der Waals surface area contributed by atoms with E-state index in [-0.39, 0.29) is 16.6 Å². The van der Waals surface area contributed by atoms with Gasteiger partial charge < -0.3 is 10.5 Å². The van der Waals surface area contributed by atoms with Crippen LogP contribution < -0.4 is 15.2 Å². The first-order valence-corrected chi connectivity index (χ1v) is 7.20. The maximum atomic E-state index is 12.3. The molecule has 0 atom stereocenters. The van der Waals surface area contributed by atoms with Gasteiger partial charge in [0.2, 0.25) is 0 Å². The van der Waals surface area contributed by atoms with Crippen molar-refractivity contribution < 1.29 is 13.2 Å². The molecule has 0 fully saturated rings. The van der Waals surface area contributed by atoms with Gasteiger partial charge in [0.1, 0.15) is 10.6 Å². The molecule has 0 saturated heterocycles. The Balaban J connectivity index is 2.40. The molecule has 2 aromatic rings. The Labute approximate surface area is 115 Å². The minimum atomic E-state index is -3.91. The summed E-state index contributed by atoms with van der Waals surface area (Å²) in [6, 6.07) is 4.37. The first kappa shape index (κ1) is 14.1. The van der Waals surface area contributed by atoms with E-state index in [9.17, 15) is 8.42 Å². The number of nitrogens with two attached hydrogens (primary N) is 1. The summed E-state index contributed by atoms with van der Waals surface area (Å²) < 4.78 is 32.1. The number of nitrogens with zero attached hydrogens (tertiary/aromatic N) is 4. The number of rotatable bonds is 5. The van der Waals surface area contributed by atoms with Gasteiger partial charge in [-0.25, -0.2) is 13.1 Å². The van der Waals surface area contributed by atoms with Crippen LogP contribution in [0.2, 0.25) is 0 Å². The summed E-state index contributed by atoms with van der Waals surface area (Å²) >= 11 is 0. The average molecular weight is 298 g/mol. The zero-order valence-corrected chi connectivity index (χ0v) is 11.8. The lowest BCUT2D eigenvalue weighted by Crippen LogP contribution is -2.16. The van der Waals surface area contributed by atoms with Gasteiger partial charge in [0.05, 0.1) is 13.7 Å². The van der Waals surface area contributed by atoms with Gasteiger partial charge in [-0.1, -0.05) is 5.10 Å². The summed E-state index contributed by atoms with van der Waals surface area (Å²) in [5, 5.41) is 10.9. The fourth-order valence-electron chi connectivity index (χ4n) is 1.51. The van der Waals surface area contributed by atoms with Crippen LogP contribution in [-0.4, -0.2) is 35.2 Å². The second kappa shape index (κ2) is 5.33. The Morgan fingerprint density at radius 1 is 1.45 bits per heavy atom. The molecule has 3 N–H and O–H groups in total. The van der Waals surface area contributed by atoms with E-state index in [1.54, 1.807) is 13.0 Å². The van der Waals surface area contributed by atoms with Crippen molar-refractivity contribution in [1.29, 1.82) is 0 Å². The predicted molar refractivity (Wildman–Crippen MR) is 71.6 cm³/mol. The van der Waals surface area contributed by atoms with E-state index in [1.807, 2.05) is 0 Å². The predicted octanol–water partition coefficient (Wildman–Crippen LogP) is -0.00820. The minimum absolute atomic E-state index is 0.0770. The van der Waals surface area contributed by atoms with Gasteiger partial charge in [-0.3, -0.25) is 0 Å². The number of nitrogen functional groups attached to an aromatic ring is 1. The number of anilines is 2. The van der Waals surface area contributed by atoms with Gasteiger partial charge in [0.15, 0.2) is 0 Å². The van der Waals surface area contributed by atoms with Crippen LogP contribution in [-0.2, 0) is 17.1 Å². The fourth-order valence-corrected chi connectivity index (χ4v) is 2.62. The minimum Gasteiger partial charge on any atom is -0.492 e. The SMILES string of the molecule is CCOc1ccc(N)cc1S(=O)(=O)Nc1nnn(C)n1. The molecule has 0 saturated carbocycles. The highest BCUT2D eigenvalue weighted by Crippen LogP contribution is 2.27. The lowest BCUT2D eigenvalue weighted by molar-refractivity contribution is 0.331. The molecule has 9 nitrogen and oxygen atoms in total. The third kappa shape index (κ3) is 2.96. The number of sulfonamides is 1. The lowest BCUT2D eigenvalue weighted by Gasteiger charge is -2.11. The van der Waals surface area contributed by atoms with Gasteiger partial charge >= 0.3 is 0 Å². The summed E-state index contributed by atoms with van der Waals surface area (Å²) in [5.41, 5.74) is 5.93. The highest BCUT2D eigenvalue weighted by Gasteiger charge is 2.22. The average Bonchev–Trinajstić information content (AvgIpc) is 2.76. The number of hydrogen-bond donors (Lipinski definition) is 2. The van der Waals surface area contributed by atoms with Crippen molar-refractivity contribution >= 4 is 21.7 Å². The van der Waals surface area contributed by atoms with Crippen molar-refractivity contribution in [2.24, 2.45) is 7.05 Å². The smallest absolute Gasteiger partial charge is 0.277 e. The van der Waals surface area contributed by atoms with Crippen LogP contribution in [0.3, 0.4) is 0 Å². The molecule has 1 aromatic carbocycles. The summed E-state index contributed by atoms with van der Waals surface area (Å²) in [5.74, 6) is 0.0791.